The van der Waals surface area contributed by atoms with E-state index in [2.05, 4.69) is 25.9 Å². The van der Waals surface area contributed by atoms with Crippen molar-refractivity contribution < 1.29 is 10.0 Å². The summed E-state index contributed by atoms with van der Waals surface area (Å²) < 4.78 is 2.40. The first-order valence-electron chi connectivity index (χ1n) is 7.67. The van der Waals surface area contributed by atoms with Crippen molar-refractivity contribution >= 4 is 27.4 Å². The number of aryl methyl sites for hydroxylation is 1. The molecule has 3 rings (SSSR count). The Morgan fingerprint density at radius 2 is 2.12 bits per heavy atom. The van der Waals surface area contributed by atoms with Crippen molar-refractivity contribution in [3.05, 3.63) is 45.1 Å². The number of anilines is 1. The first-order valence-corrected chi connectivity index (χ1v) is 8.47. The lowest BCUT2D eigenvalue weighted by atomic mass is 9.90. The van der Waals surface area contributed by atoms with Crippen LogP contribution in [-0.2, 0) is 7.05 Å². The van der Waals surface area contributed by atoms with E-state index in [0.717, 1.165) is 12.8 Å². The molecule has 1 N–H and O–H groups in total. The third-order valence-corrected chi connectivity index (χ3v) is 4.85. The predicted molar refractivity (Wildman–Crippen MR) is 91.7 cm³/mol. The minimum absolute atomic E-state index is 0.00697. The smallest absolute Gasteiger partial charge is 0.312 e. The Kier molecular flexibility index (Phi) is 4.81. The zero-order valence-corrected chi connectivity index (χ0v) is 14.8. The van der Waals surface area contributed by atoms with E-state index in [1.807, 2.05) is 22.7 Å². The fourth-order valence-electron chi connectivity index (χ4n) is 3.10. The van der Waals surface area contributed by atoms with Crippen molar-refractivity contribution in [2.75, 3.05) is 18.0 Å². The Balaban J connectivity index is 1.72. The van der Waals surface area contributed by atoms with Crippen LogP contribution in [0.4, 0.5) is 11.5 Å². The van der Waals surface area contributed by atoms with Gasteiger partial charge in [-0.25, -0.2) is 9.97 Å². The number of hydrogen-bond donors (Lipinski definition) is 1. The molecule has 0 amide bonds. The number of hydrogen-bond acceptors (Lipinski definition) is 6. The van der Waals surface area contributed by atoms with E-state index in [1.54, 1.807) is 12.4 Å². The minimum atomic E-state index is -0.625. The molecular formula is C15H18BrN5O3. The normalized spacial score (nSPS) is 17.0. The van der Waals surface area contributed by atoms with E-state index >= 15 is 0 Å². The quantitative estimate of drug-likeness (QED) is 0.630. The summed E-state index contributed by atoms with van der Waals surface area (Å²) in [5.41, 5.74) is -0.00697. The maximum atomic E-state index is 11.2. The fourth-order valence-corrected chi connectivity index (χ4v) is 3.42. The predicted octanol–water partition coefficient (Wildman–Crippen LogP) is 2.44. The van der Waals surface area contributed by atoms with E-state index in [4.69, 9.17) is 0 Å². The third kappa shape index (κ3) is 3.27. The molecular weight excluding hydrogens is 378 g/mol. The number of pyridine rings is 1. The molecule has 0 bridgehead atoms. The van der Waals surface area contributed by atoms with Crippen LogP contribution in [0, 0.1) is 16.0 Å². The van der Waals surface area contributed by atoms with Gasteiger partial charge in [-0.1, -0.05) is 0 Å². The minimum Gasteiger partial charge on any atom is -0.385 e. The number of nitro groups is 1. The van der Waals surface area contributed by atoms with Crippen molar-refractivity contribution in [1.82, 2.24) is 14.5 Å². The van der Waals surface area contributed by atoms with Gasteiger partial charge in [0.05, 0.1) is 4.92 Å². The number of rotatable bonds is 4. The molecule has 1 aliphatic rings. The fraction of sp³-hybridized carbons (Fsp3) is 0.467. The van der Waals surface area contributed by atoms with Gasteiger partial charge < -0.3 is 14.6 Å². The summed E-state index contributed by atoms with van der Waals surface area (Å²) in [6.45, 7) is 1.23. The zero-order valence-electron chi connectivity index (χ0n) is 13.2. The van der Waals surface area contributed by atoms with Crippen LogP contribution in [0.25, 0.3) is 0 Å². The molecule has 1 aliphatic heterocycles. The molecule has 2 aromatic heterocycles. The molecule has 3 heterocycles. The molecule has 0 radical (unpaired) electrons. The number of aromatic nitrogens is 3. The molecule has 1 saturated heterocycles. The van der Waals surface area contributed by atoms with Crippen LogP contribution in [0.5, 0.6) is 0 Å². The summed E-state index contributed by atoms with van der Waals surface area (Å²) in [4.78, 5) is 21.2. The molecule has 2 aromatic rings. The lowest BCUT2D eigenvalue weighted by Crippen LogP contribution is -2.37. The van der Waals surface area contributed by atoms with Crippen LogP contribution in [0.3, 0.4) is 0 Å². The number of halogens is 1. The Bertz CT molecular complexity index is 742. The van der Waals surface area contributed by atoms with Crippen molar-refractivity contribution in [3.8, 4) is 0 Å². The summed E-state index contributed by atoms with van der Waals surface area (Å²) in [6.07, 6.45) is 5.87. The molecule has 128 valence electrons. The standard InChI is InChI=1S/C15H18BrN5O3/c1-19-7-4-17-15(19)13(22)10-2-5-20(6-3-10)14-12(21(23)24)8-11(16)9-18-14/h4,7-10,13,22H,2-3,5-6H2,1H3. The van der Waals surface area contributed by atoms with Crippen LogP contribution in [0.15, 0.2) is 29.1 Å². The first-order chi connectivity index (χ1) is 11.5. The van der Waals surface area contributed by atoms with Gasteiger partial charge in [0.1, 0.15) is 11.9 Å². The summed E-state index contributed by atoms with van der Waals surface area (Å²) in [6, 6.07) is 1.47. The summed E-state index contributed by atoms with van der Waals surface area (Å²) >= 11 is 3.22. The maximum Gasteiger partial charge on any atom is 0.312 e. The highest BCUT2D eigenvalue weighted by Crippen LogP contribution is 2.34. The van der Waals surface area contributed by atoms with Gasteiger partial charge in [-0.3, -0.25) is 10.1 Å². The number of piperidine rings is 1. The van der Waals surface area contributed by atoms with Gasteiger partial charge in [0, 0.05) is 49.3 Å². The molecule has 1 atom stereocenters. The second-order valence-electron chi connectivity index (χ2n) is 5.92. The zero-order chi connectivity index (χ0) is 17.3. The van der Waals surface area contributed by atoms with Gasteiger partial charge in [0.25, 0.3) is 0 Å². The van der Waals surface area contributed by atoms with Crippen molar-refractivity contribution in [2.45, 2.75) is 18.9 Å². The lowest BCUT2D eigenvalue weighted by Gasteiger charge is -2.34. The van der Waals surface area contributed by atoms with E-state index < -0.39 is 11.0 Å². The van der Waals surface area contributed by atoms with Crippen molar-refractivity contribution in [3.63, 3.8) is 0 Å². The van der Waals surface area contributed by atoms with Crippen LogP contribution in [-0.4, -0.2) is 37.7 Å². The second kappa shape index (κ2) is 6.86. The van der Waals surface area contributed by atoms with Gasteiger partial charge in [0.15, 0.2) is 0 Å². The average Bonchev–Trinajstić information content (AvgIpc) is 3.00. The number of aliphatic hydroxyl groups excluding tert-OH is 1. The van der Waals surface area contributed by atoms with Gasteiger partial charge in [-0.15, -0.1) is 0 Å². The molecule has 24 heavy (non-hydrogen) atoms. The average molecular weight is 396 g/mol. The van der Waals surface area contributed by atoms with Crippen LogP contribution in [0.1, 0.15) is 24.8 Å². The van der Waals surface area contributed by atoms with Crippen molar-refractivity contribution in [1.29, 1.82) is 0 Å². The molecule has 8 nitrogen and oxygen atoms in total. The first kappa shape index (κ1) is 16.8. The number of imidazole rings is 1. The van der Waals surface area contributed by atoms with Gasteiger partial charge in [-0.2, -0.15) is 0 Å². The highest BCUT2D eigenvalue weighted by Gasteiger charge is 2.31. The Morgan fingerprint density at radius 3 is 2.71 bits per heavy atom. The molecule has 1 fully saturated rings. The third-order valence-electron chi connectivity index (χ3n) is 4.42. The molecule has 0 aliphatic carbocycles. The maximum absolute atomic E-state index is 11.2. The highest BCUT2D eigenvalue weighted by molar-refractivity contribution is 9.10. The summed E-state index contributed by atoms with van der Waals surface area (Å²) in [5.74, 6) is 1.12. The molecule has 0 aromatic carbocycles. The van der Waals surface area contributed by atoms with Gasteiger partial charge >= 0.3 is 5.69 Å². The number of nitrogens with zero attached hydrogens (tertiary/aromatic N) is 5. The topological polar surface area (TPSA) is 97.3 Å². The highest BCUT2D eigenvalue weighted by atomic mass is 79.9. The molecule has 0 saturated carbocycles. The molecule has 0 spiro atoms. The van der Waals surface area contributed by atoms with Crippen LogP contribution in [0.2, 0.25) is 0 Å². The van der Waals surface area contributed by atoms with Crippen molar-refractivity contribution in [2.24, 2.45) is 13.0 Å². The van der Waals surface area contributed by atoms with E-state index in [-0.39, 0.29) is 11.6 Å². The van der Waals surface area contributed by atoms with E-state index in [9.17, 15) is 15.2 Å². The molecule has 1 unspecified atom stereocenters. The van der Waals surface area contributed by atoms with Crippen LogP contribution < -0.4 is 4.90 Å². The summed E-state index contributed by atoms with van der Waals surface area (Å²) in [5, 5.41) is 21.8. The SMILES string of the molecule is Cn1ccnc1C(O)C1CCN(c2ncc(Br)cc2[N+](=O)[O-])CC1. The van der Waals surface area contributed by atoms with Gasteiger partial charge in [-0.05, 0) is 34.7 Å². The lowest BCUT2D eigenvalue weighted by molar-refractivity contribution is -0.384. The molecule has 9 heteroatoms. The Labute approximate surface area is 147 Å². The summed E-state index contributed by atoms with van der Waals surface area (Å²) in [7, 11) is 1.86. The monoisotopic (exact) mass is 395 g/mol. The van der Waals surface area contributed by atoms with E-state index in [0.29, 0.717) is 29.2 Å². The van der Waals surface area contributed by atoms with E-state index in [1.165, 1.54) is 6.07 Å². The Hall–Kier alpha value is -2.00. The van der Waals surface area contributed by atoms with Gasteiger partial charge in [0.2, 0.25) is 5.82 Å². The Morgan fingerprint density at radius 1 is 1.42 bits per heavy atom. The second-order valence-corrected chi connectivity index (χ2v) is 6.83. The number of aliphatic hydroxyl groups is 1. The largest absolute Gasteiger partial charge is 0.385 e. The van der Waals surface area contributed by atoms with Crippen LogP contribution >= 0.6 is 15.9 Å².